The second kappa shape index (κ2) is 15.4. The predicted octanol–water partition coefficient (Wildman–Crippen LogP) is 0.779. The highest BCUT2D eigenvalue weighted by Crippen LogP contribution is 2.63. The summed E-state index contributed by atoms with van der Waals surface area (Å²) in [4.78, 5) is 0. The summed E-state index contributed by atoms with van der Waals surface area (Å²) < 4.78 is 57.3. The van der Waals surface area contributed by atoms with E-state index in [1.54, 1.807) is 6.92 Å². The highest BCUT2D eigenvalue weighted by Gasteiger charge is 2.83. The molecule has 4 aliphatic rings. The molecule has 4 rings (SSSR count). The average Bonchev–Trinajstić information content (AvgIpc) is 3.16. The molecule has 4 heterocycles. The van der Waals surface area contributed by atoms with Crippen molar-refractivity contribution in [2.45, 2.75) is 265 Å². The molecule has 0 aromatic heterocycles. The molecule has 4 saturated heterocycles. The lowest BCUT2D eigenvalue weighted by Crippen LogP contribution is -2.90. The van der Waals surface area contributed by atoms with Crippen molar-refractivity contribution < 1.29 is 98.8 Å². The van der Waals surface area contributed by atoms with E-state index in [2.05, 4.69) is 0 Å². The maximum absolute atomic E-state index is 13.4. The molecule has 0 aromatic rings. The SMILES string of the molecule is CCC1(C)OC(C)(OCC2(C)OC(C)(OCC3(C)OC(C)(OC)C(C)(O)C(C)(O)C3(C)O)C(C)(O)C(C)(OC3(C)OC(C)(COC)C(C)(O)C(C)(O)C3(C)O)C2(C)O)C(C)(O)C(C)(O)C1(C)O. The lowest BCUT2D eigenvalue weighted by atomic mass is 9.58. The Morgan fingerprint density at radius 3 is 0.970 bits per heavy atom. The number of rotatable bonds is 12. The van der Waals surface area contributed by atoms with Crippen LogP contribution in [0, 0.1) is 0 Å². The Bertz CT molecular complexity index is 1800. The Kier molecular flexibility index (Phi) is 13.5. The number of methoxy groups -OCH3 is 2. The van der Waals surface area contributed by atoms with Crippen LogP contribution < -0.4 is 0 Å². The van der Waals surface area contributed by atoms with E-state index in [-0.39, 0.29) is 13.0 Å². The molecule has 0 saturated carbocycles. The fourth-order valence-corrected chi connectivity index (χ4v) is 11.3. The van der Waals surface area contributed by atoms with E-state index in [0.717, 1.165) is 6.92 Å². The van der Waals surface area contributed by atoms with Gasteiger partial charge in [0.1, 0.15) is 84.0 Å². The molecule has 0 aromatic carbocycles. The van der Waals surface area contributed by atoms with Gasteiger partial charge in [0.15, 0.2) is 23.1 Å². The van der Waals surface area contributed by atoms with E-state index < -0.39 is 126 Å². The fraction of sp³-hybridized carbons (Fsp3) is 1.00. The van der Waals surface area contributed by atoms with Gasteiger partial charge in [-0.2, -0.15) is 0 Å². The van der Waals surface area contributed by atoms with Crippen molar-refractivity contribution >= 4 is 0 Å². The summed E-state index contributed by atoms with van der Waals surface area (Å²) in [5, 5.41) is 135. The van der Waals surface area contributed by atoms with Crippen molar-refractivity contribution in [1.29, 1.82) is 0 Å². The van der Waals surface area contributed by atoms with Crippen LogP contribution in [0.4, 0.5) is 0 Å². The molecule has 396 valence electrons. The molecule has 20 nitrogen and oxygen atoms in total. The van der Waals surface area contributed by atoms with Gasteiger partial charge in [0.05, 0.1) is 25.4 Å². The molecule has 4 fully saturated rings. The van der Waals surface area contributed by atoms with E-state index in [1.165, 1.54) is 146 Å². The summed E-state index contributed by atoms with van der Waals surface area (Å²) in [6, 6.07) is 0. The van der Waals surface area contributed by atoms with E-state index in [9.17, 15) is 56.2 Å². The first-order chi connectivity index (χ1) is 29.1. The molecule has 0 amide bonds. The van der Waals surface area contributed by atoms with Gasteiger partial charge in [-0.05, 0) is 145 Å². The monoisotopic (exact) mass is 973 g/mol. The van der Waals surface area contributed by atoms with Gasteiger partial charge in [-0.3, -0.25) is 0 Å². The Morgan fingerprint density at radius 2 is 0.597 bits per heavy atom. The first-order valence-electron chi connectivity index (χ1n) is 22.9. The lowest BCUT2D eigenvalue weighted by molar-refractivity contribution is -0.528. The summed E-state index contributed by atoms with van der Waals surface area (Å²) in [6.45, 7) is 25.3. The molecular weight excluding hydrogens is 884 g/mol. The fourth-order valence-electron chi connectivity index (χ4n) is 11.3. The van der Waals surface area contributed by atoms with Crippen LogP contribution in [0.5, 0.6) is 0 Å². The van der Waals surface area contributed by atoms with Crippen molar-refractivity contribution in [3.63, 3.8) is 0 Å². The molecule has 0 radical (unpaired) electrons. The van der Waals surface area contributed by atoms with Crippen LogP contribution in [-0.2, 0) is 42.6 Å². The van der Waals surface area contributed by atoms with Gasteiger partial charge in [0.25, 0.3) is 0 Å². The molecule has 20 heteroatoms. The number of hydrogen-bond acceptors (Lipinski definition) is 20. The van der Waals surface area contributed by atoms with Crippen LogP contribution in [0.3, 0.4) is 0 Å². The molecular formula is C47H88O20. The van der Waals surface area contributed by atoms with E-state index in [4.69, 9.17) is 42.6 Å². The highest BCUT2D eigenvalue weighted by atomic mass is 16.8. The summed E-state index contributed by atoms with van der Waals surface area (Å²) in [6.07, 6.45) is 0.115. The zero-order valence-corrected chi connectivity index (χ0v) is 44.4. The van der Waals surface area contributed by atoms with Crippen molar-refractivity contribution in [1.82, 2.24) is 0 Å². The smallest absolute Gasteiger partial charge is 0.198 e. The Hall–Kier alpha value is -0.800. The zero-order valence-electron chi connectivity index (χ0n) is 44.4. The minimum atomic E-state index is -2.68. The van der Waals surface area contributed by atoms with Crippen LogP contribution in [0.2, 0.25) is 0 Å². The summed E-state index contributed by atoms with van der Waals surface area (Å²) in [7, 11) is 2.56. The molecule has 4 aliphatic heterocycles. The van der Waals surface area contributed by atoms with Crippen LogP contribution in [0.25, 0.3) is 0 Å². The van der Waals surface area contributed by atoms with Gasteiger partial charge in [-0.25, -0.2) is 0 Å². The third-order valence-electron chi connectivity index (χ3n) is 20.0. The maximum atomic E-state index is 13.4. The Morgan fingerprint density at radius 1 is 0.313 bits per heavy atom. The molecule has 20 atom stereocenters. The molecule has 0 aliphatic carbocycles. The van der Waals surface area contributed by atoms with E-state index in [1.807, 2.05) is 0 Å². The van der Waals surface area contributed by atoms with Crippen LogP contribution in [-0.4, -0.2) is 203 Å². The van der Waals surface area contributed by atoms with Crippen LogP contribution >= 0.6 is 0 Å². The zero-order chi connectivity index (χ0) is 53.2. The topological polar surface area (TPSA) is 306 Å². The van der Waals surface area contributed by atoms with Gasteiger partial charge in [0, 0.05) is 14.2 Å². The van der Waals surface area contributed by atoms with Crippen molar-refractivity contribution in [3.05, 3.63) is 0 Å². The van der Waals surface area contributed by atoms with Crippen LogP contribution in [0.1, 0.15) is 152 Å². The van der Waals surface area contributed by atoms with Gasteiger partial charge < -0.3 is 98.8 Å². The summed E-state index contributed by atoms with van der Waals surface area (Å²) in [5.74, 6) is -9.24. The largest absolute Gasteiger partial charge is 0.384 e. The number of aliphatic hydroxyl groups is 11. The second-order valence-corrected chi connectivity index (χ2v) is 23.6. The lowest BCUT2D eigenvalue weighted by Gasteiger charge is -2.71. The first kappa shape index (κ1) is 58.8. The maximum Gasteiger partial charge on any atom is 0.198 e. The summed E-state index contributed by atoms with van der Waals surface area (Å²) >= 11 is 0. The van der Waals surface area contributed by atoms with E-state index in [0.29, 0.717) is 0 Å². The highest BCUT2D eigenvalue weighted by molar-refractivity contribution is 5.28. The number of ether oxygens (including phenoxy) is 9. The normalized spacial score (nSPS) is 61.9. The quantitative estimate of drug-likeness (QED) is 0.129. The molecule has 67 heavy (non-hydrogen) atoms. The standard InChI is InChI=1S/C47H88O20/c1-24-28(2)32(6,48)36(10,52)40(14,56)45(19,63-28)61-27-31(5)35(9,51)43(17,67-47(21)41(15,57)38(12,54)33(7,49)29(3,66-47)25-59-22)42(16,58)46(20,65-31)62-26-30(4)34(8,50)37(11,53)39(13,55)44(18,60-23)64-30/h48-58H,24-27H2,1-23H3. The average molecular weight is 973 g/mol. The summed E-state index contributed by atoms with van der Waals surface area (Å²) in [5.41, 5.74) is -36.8. The predicted molar refractivity (Wildman–Crippen MR) is 239 cm³/mol. The second-order valence-electron chi connectivity index (χ2n) is 23.6. The molecule has 20 unspecified atom stereocenters. The minimum Gasteiger partial charge on any atom is -0.384 e. The third kappa shape index (κ3) is 6.70. The van der Waals surface area contributed by atoms with Crippen molar-refractivity contribution in [3.8, 4) is 0 Å². The molecule has 0 spiro atoms. The van der Waals surface area contributed by atoms with E-state index >= 15 is 0 Å². The molecule has 11 N–H and O–H groups in total. The molecule has 0 bridgehead atoms. The van der Waals surface area contributed by atoms with Crippen molar-refractivity contribution in [2.24, 2.45) is 0 Å². The van der Waals surface area contributed by atoms with Gasteiger partial charge >= 0.3 is 0 Å². The van der Waals surface area contributed by atoms with Crippen molar-refractivity contribution in [2.75, 3.05) is 34.0 Å². The van der Waals surface area contributed by atoms with Gasteiger partial charge in [-0.15, -0.1) is 0 Å². The van der Waals surface area contributed by atoms with Crippen LogP contribution in [0.15, 0.2) is 0 Å². The van der Waals surface area contributed by atoms with Gasteiger partial charge in [-0.1, -0.05) is 6.92 Å². The minimum absolute atomic E-state index is 0.115. The Balaban J connectivity index is 2.02. The number of hydrogen-bond donors (Lipinski definition) is 11. The third-order valence-corrected chi connectivity index (χ3v) is 20.0. The van der Waals surface area contributed by atoms with Gasteiger partial charge in [0.2, 0.25) is 0 Å². The first-order valence-corrected chi connectivity index (χ1v) is 22.9. The Labute approximate surface area is 396 Å².